The summed E-state index contributed by atoms with van der Waals surface area (Å²) in [5.74, 6) is -0.308. The lowest BCUT2D eigenvalue weighted by atomic mass is 9.86. The Hall–Kier alpha value is -0.990. The summed E-state index contributed by atoms with van der Waals surface area (Å²) in [4.78, 5) is 10.7. The SMILES string of the molecule is O=C(O)C1C=C2NCCC2CC1. The second-order valence-electron chi connectivity index (χ2n) is 3.56. The first kappa shape index (κ1) is 7.65. The Bertz CT molecular complexity index is 235. The van der Waals surface area contributed by atoms with Crippen molar-refractivity contribution in [2.24, 2.45) is 11.8 Å². The van der Waals surface area contributed by atoms with Crippen LogP contribution < -0.4 is 5.32 Å². The minimum atomic E-state index is -0.686. The average Bonchev–Trinajstić information content (AvgIpc) is 2.49. The molecule has 1 heterocycles. The molecule has 1 fully saturated rings. The lowest BCUT2D eigenvalue weighted by Crippen LogP contribution is -2.21. The van der Waals surface area contributed by atoms with Gasteiger partial charge < -0.3 is 10.4 Å². The number of aliphatic carboxylic acids is 1. The van der Waals surface area contributed by atoms with E-state index in [4.69, 9.17) is 5.11 Å². The number of carboxylic acid groups (broad SMARTS) is 1. The van der Waals surface area contributed by atoms with E-state index in [1.807, 2.05) is 6.08 Å². The van der Waals surface area contributed by atoms with Gasteiger partial charge in [-0.2, -0.15) is 0 Å². The largest absolute Gasteiger partial charge is 0.481 e. The van der Waals surface area contributed by atoms with Crippen molar-refractivity contribution in [3.05, 3.63) is 11.8 Å². The van der Waals surface area contributed by atoms with Crippen LogP contribution in [0.15, 0.2) is 11.8 Å². The van der Waals surface area contributed by atoms with Crippen LogP contribution in [0.2, 0.25) is 0 Å². The zero-order valence-corrected chi connectivity index (χ0v) is 6.92. The number of nitrogens with one attached hydrogen (secondary N) is 1. The van der Waals surface area contributed by atoms with E-state index >= 15 is 0 Å². The van der Waals surface area contributed by atoms with E-state index in [9.17, 15) is 4.79 Å². The number of hydrogen-bond donors (Lipinski definition) is 2. The highest BCUT2D eigenvalue weighted by molar-refractivity contribution is 5.72. The van der Waals surface area contributed by atoms with Crippen molar-refractivity contribution < 1.29 is 9.90 Å². The molecular formula is C9H13NO2. The lowest BCUT2D eigenvalue weighted by Gasteiger charge is -2.20. The Balaban J connectivity index is 2.14. The molecule has 0 aromatic carbocycles. The second-order valence-corrected chi connectivity index (χ2v) is 3.56. The first-order valence-corrected chi connectivity index (χ1v) is 4.46. The maximum Gasteiger partial charge on any atom is 0.310 e. The van der Waals surface area contributed by atoms with Gasteiger partial charge in [0.25, 0.3) is 0 Å². The third kappa shape index (κ3) is 1.19. The fourth-order valence-electron chi connectivity index (χ4n) is 2.06. The van der Waals surface area contributed by atoms with Gasteiger partial charge in [0.15, 0.2) is 0 Å². The van der Waals surface area contributed by atoms with E-state index in [0.29, 0.717) is 5.92 Å². The van der Waals surface area contributed by atoms with Gasteiger partial charge in [-0.25, -0.2) is 0 Å². The molecule has 1 aliphatic heterocycles. The Morgan fingerprint density at radius 1 is 1.50 bits per heavy atom. The molecule has 0 radical (unpaired) electrons. The first-order valence-electron chi connectivity index (χ1n) is 4.46. The second kappa shape index (κ2) is 2.81. The number of carbonyl (C=O) groups is 1. The fourth-order valence-corrected chi connectivity index (χ4v) is 2.06. The van der Waals surface area contributed by atoms with Gasteiger partial charge in [-0.1, -0.05) is 6.08 Å². The van der Waals surface area contributed by atoms with E-state index in [2.05, 4.69) is 5.32 Å². The maximum absolute atomic E-state index is 10.7. The Morgan fingerprint density at radius 2 is 2.33 bits per heavy atom. The van der Waals surface area contributed by atoms with Gasteiger partial charge >= 0.3 is 5.97 Å². The molecule has 1 saturated heterocycles. The van der Waals surface area contributed by atoms with Crippen molar-refractivity contribution in [2.75, 3.05) is 6.54 Å². The van der Waals surface area contributed by atoms with Crippen LogP contribution in [0.3, 0.4) is 0 Å². The highest BCUT2D eigenvalue weighted by Crippen LogP contribution is 2.32. The standard InChI is InChI=1S/C9H13NO2/c11-9(12)7-2-1-6-3-4-10-8(6)5-7/h5-7,10H,1-4H2,(H,11,12). The van der Waals surface area contributed by atoms with Crippen LogP contribution in [0.1, 0.15) is 19.3 Å². The van der Waals surface area contributed by atoms with Crippen LogP contribution in [0, 0.1) is 11.8 Å². The maximum atomic E-state index is 10.7. The third-order valence-electron chi connectivity index (χ3n) is 2.79. The van der Waals surface area contributed by atoms with Crippen molar-refractivity contribution >= 4 is 5.97 Å². The number of rotatable bonds is 1. The molecule has 1 aliphatic carbocycles. The van der Waals surface area contributed by atoms with Crippen LogP contribution >= 0.6 is 0 Å². The summed E-state index contributed by atoms with van der Waals surface area (Å²) < 4.78 is 0. The number of allylic oxidation sites excluding steroid dienone is 1. The summed E-state index contributed by atoms with van der Waals surface area (Å²) in [5.41, 5.74) is 1.17. The van der Waals surface area contributed by atoms with Crippen LogP contribution in [-0.4, -0.2) is 17.6 Å². The van der Waals surface area contributed by atoms with Gasteiger partial charge in [0.2, 0.25) is 0 Å². The lowest BCUT2D eigenvalue weighted by molar-refractivity contribution is -0.140. The Morgan fingerprint density at radius 3 is 3.08 bits per heavy atom. The van der Waals surface area contributed by atoms with E-state index in [-0.39, 0.29) is 5.92 Å². The molecule has 0 aromatic heterocycles. The number of hydrogen-bond acceptors (Lipinski definition) is 2. The summed E-state index contributed by atoms with van der Waals surface area (Å²) in [6.45, 7) is 1.02. The summed E-state index contributed by atoms with van der Waals surface area (Å²) in [6.07, 6.45) is 4.92. The van der Waals surface area contributed by atoms with Gasteiger partial charge in [0.1, 0.15) is 0 Å². The number of carboxylic acids is 1. The Kier molecular flexibility index (Phi) is 1.79. The molecule has 0 spiro atoms. The molecule has 66 valence electrons. The number of fused-ring (bicyclic) bond motifs is 1. The molecule has 2 atom stereocenters. The quantitative estimate of drug-likeness (QED) is 0.612. The molecule has 3 heteroatoms. The molecule has 0 aromatic rings. The summed E-state index contributed by atoms with van der Waals surface area (Å²) in [7, 11) is 0. The van der Waals surface area contributed by atoms with Crippen molar-refractivity contribution in [1.82, 2.24) is 5.32 Å². The van der Waals surface area contributed by atoms with Gasteiger partial charge in [-0.3, -0.25) is 4.79 Å². The zero-order valence-electron chi connectivity index (χ0n) is 6.92. The summed E-state index contributed by atoms with van der Waals surface area (Å²) in [6, 6.07) is 0. The van der Waals surface area contributed by atoms with E-state index in [1.54, 1.807) is 0 Å². The van der Waals surface area contributed by atoms with Crippen molar-refractivity contribution in [3.63, 3.8) is 0 Å². The zero-order chi connectivity index (χ0) is 8.55. The van der Waals surface area contributed by atoms with Gasteiger partial charge in [0, 0.05) is 18.2 Å². The van der Waals surface area contributed by atoms with E-state index in [1.165, 1.54) is 12.1 Å². The topological polar surface area (TPSA) is 49.3 Å². The van der Waals surface area contributed by atoms with Crippen molar-refractivity contribution in [3.8, 4) is 0 Å². The third-order valence-corrected chi connectivity index (χ3v) is 2.79. The van der Waals surface area contributed by atoms with Gasteiger partial charge in [-0.05, 0) is 19.3 Å². The first-order chi connectivity index (χ1) is 5.77. The molecule has 3 nitrogen and oxygen atoms in total. The molecular weight excluding hydrogens is 154 g/mol. The van der Waals surface area contributed by atoms with Gasteiger partial charge in [0.05, 0.1) is 5.92 Å². The van der Waals surface area contributed by atoms with Gasteiger partial charge in [-0.15, -0.1) is 0 Å². The molecule has 0 saturated carbocycles. The van der Waals surface area contributed by atoms with E-state index in [0.717, 1.165) is 19.4 Å². The van der Waals surface area contributed by atoms with E-state index < -0.39 is 5.97 Å². The highest BCUT2D eigenvalue weighted by Gasteiger charge is 2.29. The minimum Gasteiger partial charge on any atom is -0.481 e. The fraction of sp³-hybridized carbons (Fsp3) is 0.667. The smallest absolute Gasteiger partial charge is 0.310 e. The normalized spacial score (nSPS) is 33.5. The minimum absolute atomic E-state index is 0.248. The van der Waals surface area contributed by atoms with Crippen LogP contribution in [0.25, 0.3) is 0 Å². The van der Waals surface area contributed by atoms with Crippen molar-refractivity contribution in [1.29, 1.82) is 0 Å². The highest BCUT2D eigenvalue weighted by atomic mass is 16.4. The predicted molar refractivity (Wildman–Crippen MR) is 44.6 cm³/mol. The molecule has 0 amide bonds. The van der Waals surface area contributed by atoms with Crippen LogP contribution in [0.4, 0.5) is 0 Å². The molecule has 0 bridgehead atoms. The Labute approximate surface area is 71.5 Å². The molecule has 12 heavy (non-hydrogen) atoms. The van der Waals surface area contributed by atoms with Crippen LogP contribution in [0.5, 0.6) is 0 Å². The molecule has 2 N–H and O–H groups in total. The average molecular weight is 167 g/mol. The van der Waals surface area contributed by atoms with Crippen LogP contribution in [-0.2, 0) is 4.79 Å². The molecule has 2 unspecified atom stereocenters. The summed E-state index contributed by atoms with van der Waals surface area (Å²) >= 11 is 0. The summed E-state index contributed by atoms with van der Waals surface area (Å²) in [5, 5.41) is 12.0. The predicted octanol–water partition coefficient (Wildman–Crippen LogP) is 0.974. The monoisotopic (exact) mass is 167 g/mol. The molecule has 2 rings (SSSR count). The van der Waals surface area contributed by atoms with Crippen molar-refractivity contribution in [2.45, 2.75) is 19.3 Å². The molecule has 2 aliphatic rings.